The Balaban J connectivity index is 1.71. The van der Waals surface area contributed by atoms with Crippen LogP contribution in [0.1, 0.15) is 48.3 Å². The van der Waals surface area contributed by atoms with Gasteiger partial charge in [-0.05, 0) is 53.8 Å². The van der Waals surface area contributed by atoms with Crippen LogP contribution in [-0.4, -0.2) is 22.1 Å². The zero-order valence-corrected chi connectivity index (χ0v) is 17.1. The minimum Gasteiger partial charge on any atom is -0.484 e. The van der Waals surface area contributed by atoms with Crippen molar-refractivity contribution >= 4 is 5.91 Å². The Morgan fingerprint density at radius 2 is 1.93 bits per heavy atom. The fraction of sp³-hybridized carbons (Fsp3) is 0.304. The summed E-state index contributed by atoms with van der Waals surface area (Å²) >= 11 is 0. The van der Waals surface area contributed by atoms with E-state index in [0.29, 0.717) is 17.5 Å². The van der Waals surface area contributed by atoms with E-state index in [0.717, 1.165) is 11.1 Å². The van der Waals surface area contributed by atoms with Crippen LogP contribution in [0.5, 0.6) is 5.75 Å². The quantitative estimate of drug-likeness (QED) is 0.650. The molecular weight excluding hydrogens is 369 g/mol. The van der Waals surface area contributed by atoms with Crippen LogP contribution in [0.4, 0.5) is 4.39 Å². The number of nitrogens with one attached hydrogen (secondary N) is 1. The summed E-state index contributed by atoms with van der Waals surface area (Å²) in [4.78, 5) is 16.9. The Labute approximate surface area is 170 Å². The fourth-order valence-electron chi connectivity index (χ4n) is 3.34. The average Bonchev–Trinajstić information content (AvgIpc) is 3.10. The molecule has 1 N–H and O–H groups in total. The molecule has 1 aromatic heterocycles. The van der Waals surface area contributed by atoms with E-state index >= 15 is 0 Å². The van der Waals surface area contributed by atoms with Crippen LogP contribution in [0.25, 0.3) is 0 Å². The Bertz CT molecular complexity index is 980. The van der Waals surface area contributed by atoms with E-state index in [9.17, 15) is 9.18 Å². The van der Waals surface area contributed by atoms with Crippen molar-refractivity contribution in [2.24, 2.45) is 7.05 Å². The SMILES string of the molecule is Cc1cc(OCC(=O)NC(c2ccc(F)cc2)c2nccn2C)ccc1C(C)C. The number of carbonyl (C=O) groups is 1. The first-order valence-corrected chi connectivity index (χ1v) is 9.60. The normalized spacial score (nSPS) is 12.1. The van der Waals surface area contributed by atoms with Crippen molar-refractivity contribution in [3.05, 3.63) is 83.2 Å². The van der Waals surface area contributed by atoms with E-state index < -0.39 is 6.04 Å². The molecule has 1 amide bonds. The average molecular weight is 395 g/mol. The maximum atomic E-state index is 13.3. The van der Waals surface area contributed by atoms with Crippen molar-refractivity contribution in [1.29, 1.82) is 0 Å². The first-order valence-electron chi connectivity index (χ1n) is 9.60. The van der Waals surface area contributed by atoms with Crippen molar-refractivity contribution in [3.8, 4) is 5.75 Å². The third-order valence-corrected chi connectivity index (χ3v) is 4.86. The first-order chi connectivity index (χ1) is 13.8. The van der Waals surface area contributed by atoms with Gasteiger partial charge in [0.1, 0.15) is 23.4 Å². The van der Waals surface area contributed by atoms with Gasteiger partial charge in [-0.25, -0.2) is 9.37 Å². The lowest BCUT2D eigenvalue weighted by Gasteiger charge is -2.19. The molecule has 0 saturated heterocycles. The van der Waals surface area contributed by atoms with Crippen molar-refractivity contribution in [2.45, 2.75) is 32.7 Å². The van der Waals surface area contributed by atoms with Gasteiger partial charge >= 0.3 is 0 Å². The number of amides is 1. The summed E-state index contributed by atoms with van der Waals surface area (Å²) in [5.41, 5.74) is 3.13. The van der Waals surface area contributed by atoms with Crippen LogP contribution in [0.15, 0.2) is 54.9 Å². The van der Waals surface area contributed by atoms with E-state index in [1.54, 1.807) is 24.5 Å². The lowest BCUT2D eigenvalue weighted by atomic mass is 9.98. The number of aryl methyl sites for hydroxylation is 2. The lowest BCUT2D eigenvalue weighted by Crippen LogP contribution is -2.34. The molecule has 0 saturated carbocycles. The molecule has 3 rings (SSSR count). The Morgan fingerprint density at radius 3 is 2.52 bits per heavy atom. The molecule has 0 aliphatic carbocycles. The Hall–Kier alpha value is -3.15. The summed E-state index contributed by atoms with van der Waals surface area (Å²) in [7, 11) is 1.85. The van der Waals surface area contributed by atoms with E-state index in [4.69, 9.17) is 4.74 Å². The summed E-state index contributed by atoms with van der Waals surface area (Å²) < 4.78 is 20.8. The minimum atomic E-state index is -0.503. The predicted molar refractivity (Wildman–Crippen MR) is 110 cm³/mol. The number of rotatable bonds is 7. The second-order valence-electron chi connectivity index (χ2n) is 7.41. The summed E-state index contributed by atoms with van der Waals surface area (Å²) in [5.74, 6) is 1.12. The predicted octanol–water partition coefficient (Wildman–Crippen LogP) is 4.28. The van der Waals surface area contributed by atoms with Gasteiger partial charge in [-0.3, -0.25) is 4.79 Å². The molecule has 1 heterocycles. The van der Waals surface area contributed by atoms with Gasteiger partial charge in [-0.2, -0.15) is 0 Å². The van der Waals surface area contributed by atoms with Crippen LogP contribution < -0.4 is 10.1 Å². The number of halogens is 1. The molecule has 1 unspecified atom stereocenters. The minimum absolute atomic E-state index is 0.122. The molecule has 0 fully saturated rings. The van der Waals surface area contributed by atoms with Gasteiger partial charge in [0.2, 0.25) is 0 Å². The van der Waals surface area contributed by atoms with E-state index in [-0.39, 0.29) is 18.3 Å². The van der Waals surface area contributed by atoms with Gasteiger partial charge in [0, 0.05) is 19.4 Å². The summed E-state index contributed by atoms with van der Waals surface area (Å²) in [6, 6.07) is 11.4. The molecular formula is C23H26FN3O2. The molecule has 0 bridgehead atoms. The number of nitrogens with zero attached hydrogens (tertiary/aromatic N) is 2. The third kappa shape index (κ3) is 5.02. The molecule has 0 radical (unpaired) electrons. The summed E-state index contributed by atoms with van der Waals surface area (Å²) in [6.45, 7) is 6.20. The Morgan fingerprint density at radius 1 is 1.21 bits per heavy atom. The van der Waals surface area contributed by atoms with E-state index in [1.807, 2.05) is 36.7 Å². The highest BCUT2D eigenvalue weighted by atomic mass is 19.1. The van der Waals surface area contributed by atoms with E-state index in [1.165, 1.54) is 17.7 Å². The third-order valence-electron chi connectivity index (χ3n) is 4.86. The van der Waals surface area contributed by atoms with Crippen molar-refractivity contribution < 1.29 is 13.9 Å². The maximum Gasteiger partial charge on any atom is 0.258 e. The highest BCUT2D eigenvalue weighted by Gasteiger charge is 2.21. The van der Waals surface area contributed by atoms with Gasteiger partial charge in [0.15, 0.2) is 6.61 Å². The number of benzene rings is 2. The molecule has 1 atom stereocenters. The van der Waals surface area contributed by atoms with E-state index in [2.05, 4.69) is 24.1 Å². The second-order valence-corrected chi connectivity index (χ2v) is 7.41. The summed E-state index contributed by atoms with van der Waals surface area (Å²) in [5, 5.41) is 2.94. The molecule has 3 aromatic rings. The zero-order valence-electron chi connectivity index (χ0n) is 17.1. The van der Waals surface area contributed by atoms with Crippen LogP contribution in [-0.2, 0) is 11.8 Å². The molecule has 6 heteroatoms. The first kappa shape index (κ1) is 20.6. The highest BCUT2D eigenvalue weighted by Crippen LogP contribution is 2.24. The molecule has 29 heavy (non-hydrogen) atoms. The van der Waals surface area contributed by atoms with Crippen molar-refractivity contribution in [3.63, 3.8) is 0 Å². The number of hydrogen-bond donors (Lipinski definition) is 1. The number of carbonyl (C=O) groups excluding carboxylic acids is 1. The van der Waals surface area contributed by atoms with Crippen LogP contribution in [0.2, 0.25) is 0 Å². The fourth-order valence-corrected chi connectivity index (χ4v) is 3.34. The Kier molecular flexibility index (Phi) is 6.32. The van der Waals surface area contributed by atoms with Crippen molar-refractivity contribution in [1.82, 2.24) is 14.9 Å². The molecule has 2 aromatic carbocycles. The molecule has 0 aliphatic rings. The number of ether oxygens (including phenoxy) is 1. The largest absolute Gasteiger partial charge is 0.484 e. The smallest absolute Gasteiger partial charge is 0.258 e. The van der Waals surface area contributed by atoms with Gasteiger partial charge in [-0.1, -0.05) is 32.0 Å². The lowest BCUT2D eigenvalue weighted by molar-refractivity contribution is -0.123. The number of imidazole rings is 1. The topological polar surface area (TPSA) is 56.1 Å². The molecule has 0 spiro atoms. The van der Waals surface area contributed by atoms with Crippen LogP contribution in [0, 0.1) is 12.7 Å². The second kappa shape index (κ2) is 8.90. The van der Waals surface area contributed by atoms with Crippen molar-refractivity contribution in [2.75, 3.05) is 6.61 Å². The molecule has 152 valence electrons. The van der Waals surface area contributed by atoms with Crippen LogP contribution >= 0.6 is 0 Å². The monoisotopic (exact) mass is 395 g/mol. The van der Waals surface area contributed by atoms with Gasteiger partial charge < -0.3 is 14.6 Å². The number of hydrogen-bond acceptors (Lipinski definition) is 3. The van der Waals surface area contributed by atoms with Gasteiger partial charge in [0.05, 0.1) is 0 Å². The van der Waals surface area contributed by atoms with Crippen LogP contribution in [0.3, 0.4) is 0 Å². The molecule has 0 aliphatic heterocycles. The number of aromatic nitrogens is 2. The zero-order chi connectivity index (χ0) is 21.0. The molecule has 5 nitrogen and oxygen atoms in total. The maximum absolute atomic E-state index is 13.3. The van der Waals surface area contributed by atoms with Gasteiger partial charge in [0.25, 0.3) is 5.91 Å². The summed E-state index contributed by atoms with van der Waals surface area (Å²) in [6.07, 6.45) is 3.46. The highest BCUT2D eigenvalue weighted by molar-refractivity contribution is 5.78. The standard InChI is InChI=1S/C23H26FN3O2/c1-15(2)20-10-9-19(13-16(20)3)29-14-21(28)26-22(23-25-11-12-27(23)4)17-5-7-18(24)8-6-17/h5-13,15,22H,14H2,1-4H3,(H,26,28). The van der Waals surface area contributed by atoms with Gasteiger partial charge in [-0.15, -0.1) is 0 Å².